The number of hydrogen-bond donors (Lipinski definition) is 2. The molecule has 0 aromatic carbocycles. The molecule has 0 saturated carbocycles. The third-order valence-electron chi connectivity index (χ3n) is 0.932. The van der Waals surface area contributed by atoms with Gasteiger partial charge in [-0.15, -0.1) is 0 Å². The van der Waals surface area contributed by atoms with E-state index in [0.717, 1.165) is 0 Å². The van der Waals surface area contributed by atoms with E-state index in [1.807, 2.05) is 0 Å². The summed E-state index contributed by atoms with van der Waals surface area (Å²) in [5.74, 6) is 0. The first kappa shape index (κ1) is 16.7. The fourth-order valence-corrected chi connectivity index (χ4v) is 0.477. The van der Waals surface area contributed by atoms with Crippen LogP contribution < -0.4 is 11.2 Å². The summed E-state index contributed by atoms with van der Waals surface area (Å²) in [5, 5.41) is 11.1. The predicted molar refractivity (Wildman–Crippen MR) is 64.4 cm³/mol. The molecule has 0 rings (SSSR count). The normalized spacial score (nSPS) is 13.9. The summed E-state index contributed by atoms with van der Waals surface area (Å²) in [6, 6.07) is 0. The first-order valence-electron chi connectivity index (χ1n) is 3.54. The summed E-state index contributed by atoms with van der Waals surface area (Å²) in [6.45, 7) is 1.71. The number of amidine groups is 2. The number of nitrogens with zero attached hydrogens (tertiary/aromatic N) is 4. The van der Waals surface area contributed by atoms with Gasteiger partial charge in [0.1, 0.15) is 0 Å². The molecule has 87 valence electrons. The van der Waals surface area contributed by atoms with E-state index in [2.05, 4.69) is 38.4 Å². The maximum absolute atomic E-state index is 5.08. The monoisotopic (exact) mass is 297 g/mol. The van der Waals surface area contributed by atoms with Gasteiger partial charge >= 0.3 is 17.1 Å². The van der Waals surface area contributed by atoms with Crippen LogP contribution in [0.2, 0.25) is 0 Å². The Hall–Kier alpha value is -0.761. The van der Waals surface area contributed by atoms with Crippen molar-refractivity contribution in [2.24, 2.45) is 26.0 Å². The molecule has 0 aliphatic carbocycles. The van der Waals surface area contributed by atoms with E-state index < -0.39 is 0 Å². The largest absolute Gasteiger partial charge is 2.00 e. The predicted octanol–water partition coefficient (Wildman–Crippen LogP) is -0.671. The minimum Gasteiger partial charge on any atom is -0.741 e. The molecule has 0 fully saturated rings. The molecule has 0 amide bonds. The van der Waals surface area contributed by atoms with Crippen LogP contribution >= 0.6 is 0 Å². The van der Waals surface area contributed by atoms with E-state index in [0.29, 0.717) is 10.9 Å². The van der Waals surface area contributed by atoms with E-state index in [1.165, 1.54) is 6.21 Å². The second kappa shape index (κ2) is 9.78. The average Bonchev–Trinajstić information content (AvgIpc) is 2.13. The summed E-state index contributed by atoms with van der Waals surface area (Å²) in [4.78, 5) is 3.67. The SMILES string of the molecule is CN=C([S-])N\N=C(C)/C=N\N=C(\N)[S-].[67Cu+2]. The van der Waals surface area contributed by atoms with Crippen molar-refractivity contribution >= 4 is 47.5 Å². The van der Waals surface area contributed by atoms with Crippen LogP contribution in [0.25, 0.3) is 0 Å². The average molecular weight is 297 g/mol. The zero-order chi connectivity index (χ0) is 11.0. The fourth-order valence-electron chi connectivity index (χ4n) is 0.384. The molecule has 15 heavy (non-hydrogen) atoms. The second-order valence-electron chi connectivity index (χ2n) is 2.08. The number of hydrazone groups is 1. The molecule has 0 heterocycles. The van der Waals surface area contributed by atoms with Crippen LogP contribution in [0.3, 0.4) is 0 Å². The minimum absolute atomic E-state index is 0. The van der Waals surface area contributed by atoms with E-state index in [-0.39, 0.29) is 22.2 Å². The molecule has 0 unspecified atom stereocenters. The zero-order valence-electron chi connectivity index (χ0n) is 8.06. The first-order chi connectivity index (χ1) is 6.56. The Kier molecular flexibility index (Phi) is 10.9. The Balaban J connectivity index is 0. The third-order valence-corrected chi connectivity index (χ3v) is 1.29. The number of aliphatic imine (C=N–C) groups is 1. The number of nitrogens with two attached hydrogens (primary N) is 1. The van der Waals surface area contributed by atoms with Gasteiger partial charge in [-0.05, 0) is 17.3 Å². The minimum atomic E-state index is -0.0268. The molecule has 9 heteroatoms. The quantitative estimate of drug-likeness (QED) is 0.238. The molecule has 0 aromatic heterocycles. The maximum atomic E-state index is 5.08. The zero-order valence-corrected chi connectivity index (χ0v) is 10.6. The van der Waals surface area contributed by atoms with Crippen molar-refractivity contribution in [1.82, 2.24) is 5.43 Å². The van der Waals surface area contributed by atoms with Gasteiger partial charge in [-0.2, -0.15) is 15.3 Å². The van der Waals surface area contributed by atoms with Gasteiger partial charge in [0.2, 0.25) is 0 Å². The van der Waals surface area contributed by atoms with Crippen LogP contribution in [0.15, 0.2) is 20.3 Å². The molecule has 0 aliphatic rings. The van der Waals surface area contributed by atoms with Crippen molar-refractivity contribution in [3.63, 3.8) is 0 Å². The van der Waals surface area contributed by atoms with Crippen molar-refractivity contribution in [1.29, 1.82) is 0 Å². The van der Waals surface area contributed by atoms with Gasteiger partial charge in [-0.3, -0.25) is 10.4 Å². The second-order valence-corrected chi connectivity index (χ2v) is 2.88. The van der Waals surface area contributed by atoms with Crippen molar-refractivity contribution < 1.29 is 17.1 Å². The van der Waals surface area contributed by atoms with Crippen LogP contribution in [0.5, 0.6) is 0 Å². The standard InChI is InChI=1S/C6H12N6S2.Cu/c1-4(3-9-11-5(7)13)10-12-6(14)8-2;/h3H,1-2H3,(H3,7,11,13)(H2,8,12,14);/q;+2/p-2/b9-3-,10-4-;/i;1+3. The molecule has 0 aliphatic heterocycles. The molecule has 0 atom stereocenters. The van der Waals surface area contributed by atoms with Gasteiger partial charge in [0.25, 0.3) is 0 Å². The Bertz CT molecular complexity index is 294. The van der Waals surface area contributed by atoms with E-state index >= 15 is 0 Å². The maximum Gasteiger partial charge on any atom is 2.00 e. The van der Waals surface area contributed by atoms with Crippen molar-refractivity contribution in [3.8, 4) is 0 Å². The molecular weight excluding hydrogens is 287 g/mol. The van der Waals surface area contributed by atoms with Gasteiger partial charge in [-0.25, -0.2) is 0 Å². The summed E-state index contributed by atoms with van der Waals surface area (Å²) in [6.07, 6.45) is 1.39. The van der Waals surface area contributed by atoms with Crippen LogP contribution in [0, 0.1) is 0 Å². The Labute approximate surface area is 110 Å². The summed E-state index contributed by atoms with van der Waals surface area (Å²) >= 11 is 9.21. The van der Waals surface area contributed by atoms with Gasteiger partial charge in [0.15, 0.2) is 0 Å². The van der Waals surface area contributed by atoms with Gasteiger partial charge in [-0.1, -0.05) is 0 Å². The van der Waals surface area contributed by atoms with E-state index in [1.54, 1.807) is 14.0 Å². The molecule has 0 bridgehead atoms. The van der Waals surface area contributed by atoms with Gasteiger partial charge < -0.3 is 31.0 Å². The molecule has 0 saturated heterocycles. The molecule has 0 spiro atoms. The summed E-state index contributed by atoms with van der Waals surface area (Å²) in [5.41, 5.74) is 8.19. The van der Waals surface area contributed by atoms with Crippen molar-refractivity contribution in [2.45, 2.75) is 6.92 Å². The van der Waals surface area contributed by atoms with Crippen LogP contribution in [-0.4, -0.2) is 29.3 Å². The molecular formula is C6H10CuN6S2. The van der Waals surface area contributed by atoms with Crippen LogP contribution in [0.4, 0.5) is 0 Å². The molecule has 3 N–H and O–H groups in total. The Morgan fingerprint density at radius 2 is 2.00 bits per heavy atom. The van der Waals surface area contributed by atoms with E-state index in [9.17, 15) is 0 Å². The number of hydrogen-bond acceptors (Lipinski definition) is 6. The Morgan fingerprint density at radius 1 is 1.40 bits per heavy atom. The molecule has 6 nitrogen and oxygen atoms in total. The summed E-state index contributed by atoms with van der Waals surface area (Å²) in [7, 11) is 1.57. The van der Waals surface area contributed by atoms with E-state index in [4.69, 9.17) is 18.4 Å². The van der Waals surface area contributed by atoms with Crippen molar-refractivity contribution in [2.75, 3.05) is 7.05 Å². The van der Waals surface area contributed by atoms with Crippen LogP contribution in [-0.2, 0) is 42.3 Å². The summed E-state index contributed by atoms with van der Waals surface area (Å²) < 4.78 is 0. The fraction of sp³-hybridized carbons (Fsp3) is 0.333. The van der Waals surface area contributed by atoms with Crippen molar-refractivity contribution in [3.05, 3.63) is 0 Å². The first-order valence-corrected chi connectivity index (χ1v) is 4.35. The van der Waals surface area contributed by atoms with Gasteiger partial charge in [0.05, 0.1) is 11.9 Å². The number of rotatable bonds is 3. The topological polar surface area (TPSA) is 87.5 Å². The van der Waals surface area contributed by atoms with Crippen LogP contribution in [0.1, 0.15) is 6.92 Å². The molecule has 0 aromatic rings. The van der Waals surface area contributed by atoms with Gasteiger partial charge in [0, 0.05) is 7.05 Å². The smallest absolute Gasteiger partial charge is 0.741 e. The molecule has 1 radical (unpaired) electrons. The third kappa shape index (κ3) is 11.2. The number of nitrogens with one attached hydrogen (secondary N) is 1. The Morgan fingerprint density at radius 3 is 2.47 bits per heavy atom.